The lowest BCUT2D eigenvalue weighted by atomic mass is 9.68. The lowest BCUT2D eigenvalue weighted by Crippen LogP contribution is -2.62. The van der Waals surface area contributed by atoms with Gasteiger partial charge in [-0.2, -0.15) is 8.78 Å². The standard InChI is InChI=1S/C45H78F3N5O11/c1-14-34-45(10,59)37(55)28(6)52(12)22-24(2)20-43(8,58)39(26(4)35(27(5)41(57)63-34)33-21-44(9,60-13)38(56)29(7)62-33)64-42-36(54)32(19-25(3)61-42)51(11)17-15-30-23-53(50-49-30)18-16-31(46)40(47)48/h23-29,32-39,42,54-56,58-59H,14-22H2,1-13H3/t24-,25-,26+,27-,28-,29+,32+,33?,34-,35+,36-,37-,38+,39-,42+,43-,44-,45-/m1/s1. The second kappa shape index (κ2) is 22.2. The molecule has 4 rings (SSSR count). The Bertz CT molecular complexity index is 1690. The maximum atomic E-state index is 14.5. The largest absolute Gasteiger partial charge is 0.459 e. The van der Waals surface area contributed by atoms with Crippen LogP contribution in [0.5, 0.6) is 0 Å². The Hall–Kier alpha value is -2.30. The van der Waals surface area contributed by atoms with Crippen molar-refractivity contribution in [3.63, 3.8) is 0 Å². The Morgan fingerprint density at radius 3 is 2.28 bits per heavy atom. The molecule has 3 saturated heterocycles. The number of rotatable bonds is 12. The zero-order valence-corrected chi connectivity index (χ0v) is 40.2. The smallest absolute Gasteiger partial charge is 0.309 e. The van der Waals surface area contributed by atoms with Crippen molar-refractivity contribution in [3.8, 4) is 0 Å². The molecule has 0 bridgehead atoms. The van der Waals surface area contributed by atoms with E-state index in [-0.39, 0.29) is 31.7 Å². The summed E-state index contributed by atoms with van der Waals surface area (Å²) in [5, 5.41) is 67.6. The average molecular weight is 922 g/mol. The number of allylic oxidation sites excluding steroid dienone is 1. The number of aliphatic hydroxyl groups excluding tert-OH is 3. The first-order valence-corrected chi connectivity index (χ1v) is 22.9. The molecule has 0 aliphatic carbocycles. The number of methoxy groups -OCH3 is 1. The quantitative estimate of drug-likeness (QED) is 0.189. The van der Waals surface area contributed by atoms with Crippen LogP contribution in [-0.2, 0) is 41.4 Å². The van der Waals surface area contributed by atoms with Gasteiger partial charge in [-0.3, -0.25) is 9.48 Å². The van der Waals surface area contributed by atoms with Gasteiger partial charge in [0.1, 0.15) is 30.0 Å². The SMILES string of the molecule is CC[C@H]1OC(=O)[C@H](C)[C@@H](C2C[C@@](C)(OC)[C@@H](O)[C@H](C)O2)[C@H](C)[C@@H](O[C@@H]2O[C@H](C)C[C@H](N(C)CCc3cn(CCC(F)=C(F)F)nn3)[C@H]2O)[C@](C)(O)C[C@@H](C)CN(C)[C@H](C)[C@@H](O)[C@]1(C)O. The lowest BCUT2D eigenvalue weighted by Gasteiger charge is -2.51. The maximum absolute atomic E-state index is 14.5. The molecule has 0 radical (unpaired) electrons. The van der Waals surface area contributed by atoms with Crippen molar-refractivity contribution in [1.82, 2.24) is 24.8 Å². The highest BCUT2D eigenvalue weighted by molar-refractivity contribution is 5.73. The van der Waals surface area contributed by atoms with E-state index in [0.717, 1.165) is 0 Å². The number of likely N-dealkylation sites (N-methyl/N-ethyl adjacent to an activating group) is 2. The van der Waals surface area contributed by atoms with Crippen LogP contribution in [0.25, 0.3) is 0 Å². The van der Waals surface area contributed by atoms with Crippen molar-refractivity contribution >= 4 is 5.97 Å². The summed E-state index contributed by atoms with van der Waals surface area (Å²) in [5.74, 6) is -4.81. The Kier molecular flexibility index (Phi) is 18.8. The minimum atomic E-state index is -2.36. The monoisotopic (exact) mass is 922 g/mol. The highest BCUT2D eigenvalue weighted by atomic mass is 19.3. The molecule has 3 aliphatic rings. The average Bonchev–Trinajstić information content (AvgIpc) is 3.69. The minimum Gasteiger partial charge on any atom is -0.459 e. The van der Waals surface area contributed by atoms with Crippen molar-refractivity contribution in [2.75, 3.05) is 34.3 Å². The Morgan fingerprint density at radius 1 is 1.02 bits per heavy atom. The summed E-state index contributed by atoms with van der Waals surface area (Å²) >= 11 is 0. The molecule has 0 aromatic carbocycles. The molecule has 4 heterocycles. The van der Waals surface area contributed by atoms with E-state index >= 15 is 0 Å². The van der Waals surface area contributed by atoms with Gasteiger partial charge in [-0.05, 0) is 86.7 Å². The highest BCUT2D eigenvalue weighted by Gasteiger charge is 2.55. The first-order chi connectivity index (χ1) is 29.7. The third-order valence-electron chi connectivity index (χ3n) is 14.5. The number of carbonyl (C=O) groups excluding carboxylic acids is 1. The van der Waals surface area contributed by atoms with E-state index in [9.17, 15) is 43.5 Å². The van der Waals surface area contributed by atoms with Crippen LogP contribution in [0.4, 0.5) is 13.2 Å². The maximum Gasteiger partial charge on any atom is 0.309 e. The Morgan fingerprint density at radius 2 is 1.67 bits per heavy atom. The van der Waals surface area contributed by atoms with Gasteiger partial charge in [0.2, 0.25) is 0 Å². The van der Waals surface area contributed by atoms with Gasteiger partial charge in [0.25, 0.3) is 0 Å². The van der Waals surface area contributed by atoms with Gasteiger partial charge in [-0.25, -0.2) is 4.39 Å². The number of cyclic esters (lactones) is 1. The van der Waals surface area contributed by atoms with Gasteiger partial charge >= 0.3 is 12.0 Å². The minimum absolute atomic E-state index is 0.107. The van der Waals surface area contributed by atoms with Crippen LogP contribution in [0, 0.1) is 23.7 Å². The summed E-state index contributed by atoms with van der Waals surface area (Å²) < 4.78 is 71.7. The second-order valence-corrected chi connectivity index (χ2v) is 19.9. The molecule has 1 aromatic heterocycles. The van der Waals surface area contributed by atoms with Gasteiger partial charge in [0.05, 0.1) is 47.2 Å². The predicted octanol–water partition coefficient (Wildman–Crippen LogP) is 3.85. The summed E-state index contributed by atoms with van der Waals surface area (Å²) in [5.41, 5.74) is -3.99. The molecule has 370 valence electrons. The summed E-state index contributed by atoms with van der Waals surface area (Å²) in [4.78, 5) is 18.4. The first-order valence-electron chi connectivity index (χ1n) is 22.9. The molecule has 19 heteroatoms. The van der Waals surface area contributed by atoms with E-state index in [4.69, 9.17) is 23.7 Å². The fourth-order valence-corrected chi connectivity index (χ4v) is 10.5. The molecular weight excluding hydrogens is 844 g/mol. The zero-order valence-electron chi connectivity index (χ0n) is 40.2. The number of aromatic nitrogens is 3. The molecular formula is C45H78F3N5O11. The number of halogens is 3. The summed E-state index contributed by atoms with van der Waals surface area (Å²) in [6.45, 7) is 18.3. The molecule has 3 aliphatic heterocycles. The van der Waals surface area contributed by atoms with Crippen LogP contribution >= 0.6 is 0 Å². The summed E-state index contributed by atoms with van der Waals surface area (Å²) in [7, 11) is 5.16. The molecule has 1 unspecified atom stereocenters. The van der Waals surface area contributed by atoms with Crippen LogP contribution in [0.15, 0.2) is 18.1 Å². The van der Waals surface area contributed by atoms with E-state index in [1.165, 1.54) is 18.7 Å². The van der Waals surface area contributed by atoms with Gasteiger partial charge in [-0.15, -0.1) is 5.10 Å². The molecule has 0 saturated carbocycles. The normalized spacial score (nSPS) is 42.5. The van der Waals surface area contributed by atoms with Gasteiger partial charge < -0.3 is 59.0 Å². The fourth-order valence-electron chi connectivity index (χ4n) is 10.5. The van der Waals surface area contributed by atoms with Crippen molar-refractivity contribution in [2.24, 2.45) is 23.7 Å². The second-order valence-electron chi connectivity index (χ2n) is 19.9. The Balaban J connectivity index is 1.73. The van der Waals surface area contributed by atoms with Gasteiger partial charge in [-0.1, -0.05) is 32.9 Å². The first kappa shape index (κ1) is 54.3. The van der Waals surface area contributed by atoms with E-state index < -0.39 is 126 Å². The number of carbonyl (C=O) groups is 1. The van der Waals surface area contributed by atoms with Crippen molar-refractivity contribution in [3.05, 3.63) is 23.8 Å². The number of aryl methyl sites for hydroxylation is 1. The predicted molar refractivity (Wildman–Crippen MR) is 230 cm³/mol. The van der Waals surface area contributed by atoms with E-state index in [1.807, 2.05) is 44.7 Å². The highest BCUT2D eigenvalue weighted by Crippen LogP contribution is 2.45. The van der Waals surface area contributed by atoms with Crippen LogP contribution in [0.1, 0.15) is 107 Å². The third kappa shape index (κ3) is 12.6. The van der Waals surface area contributed by atoms with Gasteiger partial charge in [0.15, 0.2) is 12.1 Å². The number of nitrogens with zero attached hydrogens (tertiary/aromatic N) is 5. The fraction of sp³-hybridized carbons (Fsp3) is 0.889. The third-order valence-corrected chi connectivity index (χ3v) is 14.5. The van der Waals surface area contributed by atoms with Gasteiger partial charge in [0, 0.05) is 70.2 Å². The molecule has 3 fully saturated rings. The van der Waals surface area contributed by atoms with Crippen LogP contribution in [-0.4, -0.2) is 175 Å². The van der Waals surface area contributed by atoms with Crippen molar-refractivity contribution in [2.45, 2.75) is 198 Å². The number of hydrogen-bond acceptors (Lipinski definition) is 15. The number of esters is 1. The van der Waals surface area contributed by atoms with Crippen LogP contribution in [0.3, 0.4) is 0 Å². The molecule has 1 aromatic rings. The molecule has 0 spiro atoms. The summed E-state index contributed by atoms with van der Waals surface area (Å²) in [6.07, 6.45) is -8.81. The molecule has 5 N–H and O–H groups in total. The van der Waals surface area contributed by atoms with Crippen molar-refractivity contribution < 1.29 is 67.2 Å². The molecule has 0 amide bonds. The molecule has 18 atom stereocenters. The number of aliphatic hydroxyl groups is 5. The molecule has 16 nitrogen and oxygen atoms in total. The number of hydrogen-bond donors (Lipinski definition) is 5. The zero-order chi connectivity index (χ0) is 48.2. The lowest BCUT2D eigenvalue weighted by molar-refractivity contribution is -0.302. The van der Waals surface area contributed by atoms with E-state index in [2.05, 4.69) is 10.3 Å². The van der Waals surface area contributed by atoms with Crippen LogP contribution < -0.4 is 0 Å². The van der Waals surface area contributed by atoms with E-state index in [0.29, 0.717) is 31.6 Å². The number of ether oxygens (including phenoxy) is 5. The molecule has 64 heavy (non-hydrogen) atoms. The topological polar surface area (TPSA) is 202 Å². The van der Waals surface area contributed by atoms with E-state index in [1.54, 1.807) is 47.7 Å². The Labute approximate surface area is 377 Å². The van der Waals surface area contributed by atoms with Crippen LogP contribution in [0.2, 0.25) is 0 Å². The summed E-state index contributed by atoms with van der Waals surface area (Å²) in [6, 6.07) is -1.08. The van der Waals surface area contributed by atoms with Crippen molar-refractivity contribution in [1.29, 1.82) is 0 Å².